The van der Waals surface area contributed by atoms with Gasteiger partial charge >= 0.3 is 0 Å². The van der Waals surface area contributed by atoms with Crippen molar-refractivity contribution in [2.24, 2.45) is 0 Å². The van der Waals surface area contributed by atoms with Gasteiger partial charge in [0.2, 0.25) is 0 Å². The minimum atomic E-state index is -1.15. The molecule has 0 aliphatic rings. The van der Waals surface area contributed by atoms with Crippen molar-refractivity contribution in [3.8, 4) is 0 Å². The molecule has 0 spiro atoms. The predicted octanol–water partition coefficient (Wildman–Crippen LogP) is 1.53. The van der Waals surface area contributed by atoms with Crippen LogP contribution in [0.3, 0.4) is 0 Å². The van der Waals surface area contributed by atoms with E-state index in [0.29, 0.717) is 5.69 Å². The van der Waals surface area contributed by atoms with Gasteiger partial charge in [-0.25, -0.2) is 13.8 Å². The summed E-state index contributed by atoms with van der Waals surface area (Å²) in [4.78, 5) is 19.6. The number of hydrogen-bond donors (Lipinski definition) is 2. The third-order valence-electron chi connectivity index (χ3n) is 2.80. The lowest BCUT2D eigenvalue weighted by Crippen LogP contribution is -2.29. The van der Waals surface area contributed by atoms with Crippen molar-refractivity contribution < 1.29 is 18.7 Å². The molecule has 0 aliphatic heterocycles. The van der Waals surface area contributed by atoms with Crippen LogP contribution >= 0.6 is 0 Å². The van der Waals surface area contributed by atoms with Gasteiger partial charge in [0.05, 0.1) is 18.0 Å². The largest absolute Gasteiger partial charge is 0.387 e. The summed E-state index contributed by atoms with van der Waals surface area (Å²) in [7, 11) is 0. The highest BCUT2D eigenvalue weighted by Crippen LogP contribution is 2.15. The van der Waals surface area contributed by atoms with Crippen molar-refractivity contribution in [3.05, 3.63) is 59.2 Å². The number of aliphatic hydroxyl groups excluding tert-OH is 1. The first kappa shape index (κ1) is 15.0. The molecule has 5 nitrogen and oxygen atoms in total. The van der Waals surface area contributed by atoms with Crippen LogP contribution in [0.1, 0.15) is 27.8 Å². The third-order valence-corrected chi connectivity index (χ3v) is 2.80. The second-order valence-corrected chi connectivity index (χ2v) is 4.44. The highest BCUT2D eigenvalue weighted by Gasteiger charge is 2.13. The van der Waals surface area contributed by atoms with Crippen LogP contribution in [0.25, 0.3) is 0 Å². The number of nitrogens with one attached hydrogen (secondary N) is 1. The first-order valence-corrected chi connectivity index (χ1v) is 6.17. The molecule has 0 saturated carbocycles. The molecule has 0 fully saturated rings. The highest BCUT2D eigenvalue weighted by atomic mass is 19.2. The number of halogens is 2. The molecule has 1 atom stereocenters. The summed E-state index contributed by atoms with van der Waals surface area (Å²) in [6.45, 7) is 1.58. The van der Waals surface area contributed by atoms with Gasteiger partial charge in [-0.15, -0.1) is 0 Å². The highest BCUT2D eigenvalue weighted by molar-refractivity contribution is 5.91. The molecular weight excluding hydrogens is 280 g/mol. The van der Waals surface area contributed by atoms with Crippen LogP contribution in [0.2, 0.25) is 0 Å². The van der Waals surface area contributed by atoms with Crippen LogP contribution in [0.5, 0.6) is 0 Å². The monoisotopic (exact) mass is 293 g/mol. The Morgan fingerprint density at radius 1 is 1.29 bits per heavy atom. The van der Waals surface area contributed by atoms with Crippen molar-refractivity contribution in [1.82, 2.24) is 15.3 Å². The number of aryl methyl sites for hydroxylation is 1. The molecule has 1 amide bonds. The molecule has 0 bridgehead atoms. The molecular formula is C14H13F2N3O2. The average molecular weight is 293 g/mol. The van der Waals surface area contributed by atoms with Crippen LogP contribution < -0.4 is 5.32 Å². The van der Waals surface area contributed by atoms with Crippen LogP contribution in [0, 0.1) is 18.6 Å². The number of hydrogen-bond acceptors (Lipinski definition) is 4. The molecule has 0 radical (unpaired) electrons. The number of amides is 1. The Kier molecular flexibility index (Phi) is 4.54. The summed E-state index contributed by atoms with van der Waals surface area (Å²) >= 11 is 0. The van der Waals surface area contributed by atoms with E-state index < -0.39 is 23.6 Å². The van der Waals surface area contributed by atoms with Crippen molar-refractivity contribution in [2.45, 2.75) is 13.0 Å². The Balaban J connectivity index is 1.97. The maximum Gasteiger partial charge on any atom is 0.271 e. The Labute approximate surface area is 119 Å². The summed E-state index contributed by atoms with van der Waals surface area (Å²) in [5.41, 5.74) is 0.954. The molecule has 110 valence electrons. The van der Waals surface area contributed by atoms with Gasteiger partial charge < -0.3 is 10.4 Å². The molecule has 21 heavy (non-hydrogen) atoms. The van der Waals surface area contributed by atoms with Crippen molar-refractivity contribution in [2.75, 3.05) is 6.54 Å². The Bertz CT molecular complexity index is 647. The Morgan fingerprint density at radius 3 is 2.67 bits per heavy atom. The van der Waals surface area contributed by atoms with Crippen molar-refractivity contribution in [3.63, 3.8) is 0 Å². The Hall–Kier alpha value is -2.41. The van der Waals surface area contributed by atoms with Gasteiger partial charge in [-0.3, -0.25) is 9.78 Å². The zero-order chi connectivity index (χ0) is 15.4. The number of carbonyl (C=O) groups excluding carboxylic acids is 1. The zero-order valence-electron chi connectivity index (χ0n) is 11.2. The average Bonchev–Trinajstić information content (AvgIpc) is 2.48. The standard InChI is InChI=1S/C14H13F2N3O2/c1-8-5-18-12(6-17-8)14(21)19-7-13(20)9-2-3-10(15)11(16)4-9/h2-6,13,20H,7H2,1H3,(H,19,21)/t13-/m1/s1. The number of benzene rings is 1. The summed E-state index contributed by atoms with van der Waals surface area (Å²) in [5.74, 6) is -2.56. The predicted molar refractivity (Wildman–Crippen MR) is 70.4 cm³/mol. The molecule has 2 aromatic rings. The van der Waals surface area contributed by atoms with Gasteiger partial charge in [0.1, 0.15) is 5.69 Å². The van der Waals surface area contributed by atoms with E-state index in [0.717, 1.165) is 12.1 Å². The molecule has 2 N–H and O–H groups in total. The minimum absolute atomic E-state index is 0.109. The smallest absolute Gasteiger partial charge is 0.271 e. The summed E-state index contributed by atoms with van der Waals surface area (Å²) in [5, 5.41) is 12.3. The van der Waals surface area contributed by atoms with Crippen LogP contribution in [0.4, 0.5) is 8.78 Å². The quantitative estimate of drug-likeness (QED) is 0.896. The molecule has 7 heteroatoms. The SMILES string of the molecule is Cc1cnc(C(=O)NC[C@@H](O)c2ccc(F)c(F)c2)cn1. The summed E-state index contributed by atoms with van der Waals surface area (Å²) < 4.78 is 25.8. The molecule has 1 heterocycles. The molecule has 0 aliphatic carbocycles. The van der Waals surface area contributed by atoms with E-state index in [-0.39, 0.29) is 17.8 Å². The maximum absolute atomic E-state index is 13.0. The first-order chi connectivity index (χ1) is 9.97. The molecule has 0 unspecified atom stereocenters. The second-order valence-electron chi connectivity index (χ2n) is 4.44. The number of aromatic nitrogens is 2. The van der Waals surface area contributed by atoms with Gasteiger partial charge in [-0.2, -0.15) is 0 Å². The topological polar surface area (TPSA) is 75.1 Å². The van der Waals surface area contributed by atoms with E-state index in [1.165, 1.54) is 18.5 Å². The fraction of sp³-hybridized carbons (Fsp3) is 0.214. The fourth-order valence-corrected chi connectivity index (χ4v) is 1.63. The van der Waals surface area contributed by atoms with Crippen molar-refractivity contribution >= 4 is 5.91 Å². The van der Waals surface area contributed by atoms with Gasteiger partial charge in [-0.05, 0) is 24.6 Å². The van der Waals surface area contributed by atoms with Gasteiger partial charge in [0.15, 0.2) is 11.6 Å². The van der Waals surface area contributed by atoms with Crippen LogP contribution in [0.15, 0.2) is 30.6 Å². The molecule has 1 aromatic heterocycles. The van der Waals surface area contributed by atoms with E-state index in [1.54, 1.807) is 6.92 Å². The molecule has 2 rings (SSSR count). The van der Waals surface area contributed by atoms with E-state index in [1.807, 2.05) is 0 Å². The van der Waals surface area contributed by atoms with Crippen molar-refractivity contribution in [1.29, 1.82) is 0 Å². The van der Waals surface area contributed by atoms with Gasteiger partial charge in [0.25, 0.3) is 5.91 Å². The summed E-state index contributed by atoms with van der Waals surface area (Å²) in [6.07, 6.45) is 1.61. The number of rotatable bonds is 4. The van der Waals surface area contributed by atoms with E-state index in [4.69, 9.17) is 0 Å². The Morgan fingerprint density at radius 2 is 2.05 bits per heavy atom. The minimum Gasteiger partial charge on any atom is -0.387 e. The van der Waals surface area contributed by atoms with E-state index in [2.05, 4.69) is 15.3 Å². The van der Waals surface area contributed by atoms with Crippen LogP contribution in [-0.2, 0) is 0 Å². The van der Waals surface area contributed by atoms with E-state index >= 15 is 0 Å². The number of carbonyl (C=O) groups is 1. The van der Waals surface area contributed by atoms with Gasteiger partial charge in [0, 0.05) is 12.7 Å². The van der Waals surface area contributed by atoms with Gasteiger partial charge in [-0.1, -0.05) is 6.07 Å². The lowest BCUT2D eigenvalue weighted by molar-refractivity contribution is 0.0910. The van der Waals surface area contributed by atoms with E-state index in [9.17, 15) is 18.7 Å². The van der Waals surface area contributed by atoms with Crippen LogP contribution in [-0.4, -0.2) is 27.5 Å². The third kappa shape index (κ3) is 3.79. The number of aliphatic hydroxyl groups is 1. The number of nitrogens with zero attached hydrogens (tertiary/aromatic N) is 2. The second kappa shape index (κ2) is 6.36. The lowest BCUT2D eigenvalue weighted by atomic mass is 10.1. The molecule has 0 saturated heterocycles. The summed E-state index contributed by atoms with van der Waals surface area (Å²) in [6, 6.07) is 3.06. The first-order valence-electron chi connectivity index (χ1n) is 6.17. The molecule has 1 aromatic carbocycles. The lowest BCUT2D eigenvalue weighted by Gasteiger charge is -2.12. The maximum atomic E-state index is 13.0. The fourth-order valence-electron chi connectivity index (χ4n) is 1.63. The normalized spacial score (nSPS) is 12.0. The zero-order valence-corrected chi connectivity index (χ0v) is 11.2.